The largest absolute Gasteiger partial charge is 0.305 e. The molecule has 0 bridgehead atoms. The molecule has 2 heterocycles. The van der Waals surface area contributed by atoms with Gasteiger partial charge >= 0.3 is 0 Å². The van der Waals surface area contributed by atoms with E-state index >= 15 is 0 Å². The summed E-state index contributed by atoms with van der Waals surface area (Å²) in [6.07, 6.45) is 3.59. The lowest BCUT2D eigenvalue weighted by molar-refractivity contribution is 0.0987. The number of rotatable bonds is 2. The van der Waals surface area contributed by atoms with Gasteiger partial charge in [0.1, 0.15) is 0 Å². The second-order valence-corrected chi connectivity index (χ2v) is 7.50. The molecule has 4 nitrogen and oxygen atoms in total. The third-order valence-electron chi connectivity index (χ3n) is 4.60. The van der Waals surface area contributed by atoms with Gasteiger partial charge in [-0.1, -0.05) is 29.8 Å². The minimum Gasteiger partial charge on any atom is -0.305 e. The predicted molar refractivity (Wildman–Crippen MR) is 108 cm³/mol. The molecule has 0 N–H and O–H groups in total. The molecule has 0 spiro atoms. The number of aromatic nitrogens is 1. The number of carbonyl (C=O) groups is 1. The molecule has 132 valence electrons. The third-order valence-corrected chi connectivity index (χ3v) is 5.70. The number of anilines is 1. The number of hydrogen-bond donors (Lipinski definition) is 0. The lowest BCUT2D eigenvalue weighted by atomic mass is 10.0. The Bertz CT molecular complexity index is 1040. The number of amides is 1. The van der Waals surface area contributed by atoms with Crippen LogP contribution >= 0.6 is 11.8 Å². The fourth-order valence-corrected chi connectivity index (χ4v) is 4.25. The Morgan fingerprint density at radius 2 is 1.85 bits per heavy atom. The van der Waals surface area contributed by atoms with E-state index in [9.17, 15) is 4.79 Å². The predicted octanol–water partition coefficient (Wildman–Crippen LogP) is 4.68. The van der Waals surface area contributed by atoms with E-state index in [1.807, 2.05) is 54.4 Å². The van der Waals surface area contributed by atoms with Gasteiger partial charge in [-0.15, -0.1) is 11.8 Å². The van der Waals surface area contributed by atoms with Gasteiger partial charge in [0.05, 0.1) is 23.5 Å². The molecule has 0 aliphatic carbocycles. The van der Waals surface area contributed by atoms with Gasteiger partial charge in [-0.25, -0.2) is 0 Å². The summed E-state index contributed by atoms with van der Waals surface area (Å²) in [7, 11) is 0. The summed E-state index contributed by atoms with van der Waals surface area (Å²) in [6.45, 7) is 2.66. The third kappa shape index (κ3) is 3.32. The Hall–Kier alpha value is -3.10. The monoisotopic (exact) mass is 371 g/mol. The van der Waals surface area contributed by atoms with Gasteiger partial charge in [0.15, 0.2) is 0 Å². The summed E-state index contributed by atoms with van der Waals surface area (Å²) < 4.78 is 0. The molecule has 1 aliphatic heterocycles. The average Bonchev–Trinajstić information content (AvgIpc) is 2.73. The maximum Gasteiger partial charge on any atom is 0.258 e. The zero-order valence-corrected chi connectivity index (χ0v) is 15.7. The summed E-state index contributed by atoms with van der Waals surface area (Å²) in [4.78, 5) is 20.3. The summed E-state index contributed by atoms with van der Waals surface area (Å²) >= 11 is 1.74. The lowest BCUT2D eigenvalue weighted by Gasteiger charge is -2.30. The molecule has 1 aromatic heterocycles. The van der Waals surface area contributed by atoms with E-state index in [4.69, 9.17) is 5.26 Å². The van der Waals surface area contributed by atoms with E-state index in [0.29, 0.717) is 17.7 Å². The van der Waals surface area contributed by atoms with E-state index in [1.54, 1.807) is 30.1 Å². The van der Waals surface area contributed by atoms with Crippen LogP contribution in [0.5, 0.6) is 0 Å². The van der Waals surface area contributed by atoms with Crippen molar-refractivity contribution < 1.29 is 4.79 Å². The van der Waals surface area contributed by atoms with Crippen LogP contribution in [0.15, 0.2) is 65.8 Å². The molecular weight excluding hydrogens is 354 g/mol. The number of nitriles is 1. The average molecular weight is 371 g/mol. The Morgan fingerprint density at radius 3 is 2.56 bits per heavy atom. The highest BCUT2D eigenvalue weighted by molar-refractivity contribution is 7.99. The smallest absolute Gasteiger partial charge is 0.258 e. The highest BCUT2D eigenvalue weighted by Gasteiger charge is 2.26. The van der Waals surface area contributed by atoms with Gasteiger partial charge in [-0.05, 0) is 36.8 Å². The van der Waals surface area contributed by atoms with Gasteiger partial charge in [-0.3, -0.25) is 9.78 Å². The summed E-state index contributed by atoms with van der Waals surface area (Å²) in [5.74, 6) is 0.827. The number of hydrogen-bond acceptors (Lipinski definition) is 4. The normalized spacial score (nSPS) is 13.0. The quantitative estimate of drug-likeness (QED) is 0.656. The molecule has 0 radical (unpaired) electrons. The molecule has 0 atom stereocenters. The van der Waals surface area contributed by atoms with E-state index in [0.717, 1.165) is 33.0 Å². The van der Waals surface area contributed by atoms with Crippen molar-refractivity contribution in [1.82, 2.24) is 4.98 Å². The number of benzene rings is 2. The standard InChI is InChI=1S/C22H17N3OS/c1-15-2-6-18(7-3-15)22(26)25-10-11-27-21-19(13-24-14-20(21)25)17-8-4-16(12-23)5-9-17/h2-9,13-14H,10-11H2,1H3. The fourth-order valence-electron chi connectivity index (χ4n) is 3.13. The second-order valence-electron chi connectivity index (χ2n) is 6.40. The molecule has 0 saturated carbocycles. The van der Waals surface area contributed by atoms with Crippen LogP contribution in [0.2, 0.25) is 0 Å². The van der Waals surface area contributed by atoms with Gasteiger partial charge in [0.2, 0.25) is 0 Å². The highest BCUT2D eigenvalue weighted by atomic mass is 32.2. The maximum absolute atomic E-state index is 13.1. The van der Waals surface area contributed by atoms with Crippen LogP contribution in [0.4, 0.5) is 5.69 Å². The van der Waals surface area contributed by atoms with E-state index in [2.05, 4.69) is 11.1 Å². The number of thioether (sulfide) groups is 1. The van der Waals surface area contributed by atoms with Crippen LogP contribution in [0.25, 0.3) is 11.1 Å². The molecule has 4 rings (SSSR count). The van der Waals surface area contributed by atoms with E-state index in [-0.39, 0.29) is 5.91 Å². The minimum absolute atomic E-state index is 0.00433. The summed E-state index contributed by atoms with van der Waals surface area (Å²) in [5.41, 5.74) is 5.27. The van der Waals surface area contributed by atoms with Crippen LogP contribution in [-0.4, -0.2) is 23.2 Å². The maximum atomic E-state index is 13.1. The number of fused-ring (bicyclic) bond motifs is 1. The van der Waals surface area contributed by atoms with Crippen molar-refractivity contribution in [3.63, 3.8) is 0 Å². The number of carbonyl (C=O) groups excluding carboxylic acids is 1. The molecule has 0 saturated heterocycles. The Kier molecular flexibility index (Phi) is 4.66. The Balaban J connectivity index is 1.74. The molecule has 1 aliphatic rings. The zero-order valence-electron chi connectivity index (χ0n) is 14.8. The molecule has 0 fully saturated rings. The SMILES string of the molecule is Cc1ccc(C(=O)N2CCSc3c(-c4ccc(C#N)cc4)cncc32)cc1. The van der Waals surface area contributed by atoms with E-state index < -0.39 is 0 Å². The first-order valence-electron chi connectivity index (χ1n) is 8.67. The lowest BCUT2D eigenvalue weighted by Crippen LogP contribution is -2.35. The number of aryl methyl sites for hydroxylation is 1. The molecule has 3 aromatic rings. The van der Waals surface area contributed by atoms with Crippen molar-refractivity contribution in [2.45, 2.75) is 11.8 Å². The number of nitrogens with zero attached hydrogens (tertiary/aromatic N) is 3. The topological polar surface area (TPSA) is 57.0 Å². The summed E-state index contributed by atoms with van der Waals surface area (Å²) in [5, 5.41) is 9.00. The zero-order chi connectivity index (χ0) is 18.8. The van der Waals surface area contributed by atoms with Crippen molar-refractivity contribution in [3.8, 4) is 17.2 Å². The molecule has 27 heavy (non-hydrogen) atoms. The molecule has 5 heteroatoms. The molecule has 0 unspecified atom stereocenters. The van der Waals surface area contributed by atoms with Crippen molar-refractivity contribution in [1.29, 1.82) is 5.26 Å². The summed E-state index contributed by atoms with van der Waals surface area (Å²) in [6, 6.07) is 17.3. The van der Waals surface area contributed by atoms with Gasteiger partial charge in [0.25, 0.3) is 5.91 Å². The van der Waals surface area contributed by atoms with Crippen molar-refractivity contribution in [2.24, 2.45) is 0 Å². The Morgan fingerprint density at radius 1 is 1.11 bits per heavy atom. The highest BCUT2D eigenvalue weighted by Crippen LogP contribution is 2.41. The first kappa shape index (κ1) is 17.3. The second kappa shape index (κ2) is 7.26. The molecule has 1 amide bonds. The number of pyridine rings is 1. The Labute approximate surface area is 162 Å². The first-order valence-corrected chi connectivity index (χ1v) is 9.66. The molecule has 2 aromatic carbocycles. The van der Waals surface area contributed by atoms with Crippen molar-refractivity contribution in [3.05, 3.63) is 77.6 Å². The molecular formula is C22H17N3OS. The van der Waals surface area contributed by atoms with Crippen LogP contribution in [-0.2, 0) is 0 Å². The van der Waals surface area contributed by atoms with Crippen LogP contribution in [0.1, 0.15) is 21.5 Å². The van der Waals surface area contributed by atoms with Crippen LogP contribution < -0.4 is 4.90 Å². The van der Waals surface area contributed by atoms with Crippen molar-refractivity contribution in [2.75, 3.05) is 17.2 Å². The fraction of sp³-hybridized carbons (Fsp3) is 0.136. The van der Waals surface area contributed by atoms with Crippen molar-refractivity contribution >= 4 is 23.4 Å². The van der Waals surface area contributed by atoms with Crippen LogP contribution in [0, 0.1) is 18.3 Å². The van der Waals surface area contributed by atoms with E-state index in [1.165, 1.54) is 0 Å². The van der Waals surface area contributed by atoms with Crippen LogP contribution in [0.3, 0.4) is 0 Å². The minimum atomic E-state index is -0.00433. The van der Waals surface area contributed by atoms with Gasteiger partial charge in [0, 0.05) is 34.5 Å². The van der Waals surface area contributed by atoms with Gasteiger partial charge < -0.3 is 4.90 Å². The first-order chi connectivity index (χ1) is 13.2. The van der Waals surface area contributed by atoms with Gasteiger partial charge in [-0.2, -0.15) is 5.26 Å².